The predicted octanol–water partition coefficient (Wildman–Crippen LogP) is -0.644. The largest absolute Gasteiger partial charge is 0.372 e. The van der Waals surface area contributed by atoms with Crippen LogP contribution >= 0.6 is 0 Å². The number of ketones is 1. The number of carbonyl (C=O) groups excluding carboxylic acids is 1. The Morgan fingerprint density at radius 1 is 1.43 bits per heavy atom. The van der Waals surface area contributed by atoms with Crippen LogP contribution in [0.4, 0.5) is 0 Å². The summed E-state index contributed by atoms with van der Waals surface area (Å²) in [4.78, 5) is 11.1. The Morgan fingerprint density at radius 3 is 2.57 bits per heavy atom. The second-order valence-corrected chi connectivity index (χ2v) is 5.34. The van der Waals surface area contributed by atoms with Crippen molar-refractivity contribution in [2.45, 2.75) is 13.3 Å². The Morgan fingerprint density at radius 2 is 2.07 bits per heavy atom. The van der Waals surface area contributed by atoms with Gasteiger partial charge in [0.2, 0.25) is 0 Å². The van der Waals surface area contributed by atoms with Crippen molar-refractivity contribution in [3.8, 4) is 0 Å². The average molecular weight is 223 g/mol. The highest BCUT2D eigenvalue weighted by molar-refractivity contribution is 7.91. The van der Waals surface area contributed by atoms with Crippen LogP contribution in [0.25, 0.3) is 0 Å². The molecule has 0 aromatic rings. The van der Waals surface area contributed by atoms with E-state index in [4.69, 9.17) is 10.5 Å². The van der Waals surface area contributed by atoms with Crippen molar-refractivity contribution in [3.63, 3.8) is 0 Å². The molecule has 0 bridgehead atoms. The molecule has 0 aromatic carbocycles. The maximum absolute atomic E-state index is 11.1. The lowest BCUT2D eigenvalue weighted by Crippen LogP contribution is -2.18. The van der Waals surface area contributed by atoms with E-state index in [2.05, 4.69) is 0 Å². The predicted molar refractivity (Wildman–Crippen MR) is 53.8 cm³/mol. The quantitative estimate of drug-likeness (QED) is 0.553. The summed E-state index contributed by atoms with van der Waals surface area (Å²) >= 11 is 0. The van der Waals surface area contributed by atoms with Crippen LogP contribution in [0.1, 0.15) is 13.3 Å². The minimum absolute atomic E-state index is 0.0285. The molecule has 0 saturated carbocycles. The van der Waals surface area contributed by atoms with Crippen molar-refractivity contribution in [1.82, 2.24) is 0 Å². The van der Waals surface area contributed by atoms with Gasteiger partial charge in [0.25, 0.3) is 0 Å². The molecule has 14 heavy (non-hydrogen) atoms. The Kier molecular flexibility index (Phi) is 6.69. The molecule has 84 valence electrons. The van der Waals surface area contributed by atoms with Crippen LogP contribution in [0, 0.1) is 0 Å². The zero-order valence-electron chi connectivity index (χ0n) is 8.36. The van der Waals surface area contributed by atoms with Gasteiger partial charge in [0.1, 0.15) is 16.4 Å². The third-order valence-corrected chi connectivity index (χ3v) is 3.36. The van der Waals surface area contributed by atoms with Gasteiger partial charge in [-0.25, -0.2) is 8.42 Å². The van der Waals surface area contributed by atoms with E-state index in [1.165, 1.54) is 0 Å². The van der Waals surface area contributed by atoms with Crippen LogP contribution in [0.15, 0.2) is 0 Å². The van der Waals surface area contributed by atoms with E-state index < -0.39 is 9.84 Å². The van der Waals surface area contributed by atoms with Crippen molar-refractivity contribution < 1.29 is 17.9 Å². The summed E-state index contributed by atoms with van der Waals surface area (Å²) in [5.41, 5.74) is 5.15. The third-order valence-electron chi connectivity index (χ3n) is 1.66. The molecule has 0 atom stereocenters. The summed E-state index contributed by atoms with van der Waals surface area (Å²) < 4.78 is 26.9. The van der Waals surface area contributed by atoms with Gasteiger partial charge in [-0.3, -0.25) is 4.79 Å². The van der Waals surface area contributed by atoms with E-state index in [9.17, 15) is 13.2 Å². The molecular weight excluding hydrogens is 206 g/mol. The fraction of sp³-hybridized carbons (Fsp3) is 0.875. The standard InChI is InChI=1S/C8H17NO4S/c1-2-14(11,12)6-3-8(10)7-13-5-4-9/h2-7,9H2,1H3. The lowest BCUT2D eigenvalue weighted by molar-refractivity contribution is -0.123. The molecule has 0 unspecified atom stereocenters. The molecule has 0 amide bonds. The fourth-order valence-electron chi connectivity index (χ4n) is 0.755. The van der Waals surface area contributed by atoms with E-state index in [-0.39, 0.29) is 30.3 Å². The molecule has 0 spiro atoms. The maximum Gasteiger partial charge on any atom is 0.159 e. The van der Waals surface area contributed by atoms with E-state index >= 15 is 0 Å². The fourth-order valence-corrected chi connectivity index (χ4v) is 1.58. The SMILES string of the molecule is CCS(=O)(=O)CCC(=O)COCCN. The van der Waals surface area contributed by atoms with E-state index in [0.717, 1.165) is 0 Å². The number of sulfone groups is 1. The van der Waals surface area contributed by atoms with Crippen LogP contribution in [0.3, 0.4) is 0 Å². The summed E-state index contributed by atoms with van der Waals surface area (Å²) in [5.74, 6) is -0.214. The van der Waals surface area contributed by atoms with Crippen LogP contribution in [-0.4, -0.2) is 45.5 Å². The molecule has 0 rings (SSSR count). The number of hydrogen-bond donors (Lipinski definition) is 1. The van der Waals surface area contributed by atoms with Gasteiger partial charge < -0.3 is 10.5 Å². The molecule has 0 heterocycles. The van der Waals surface area contributed by atoms with E-state index in [1.807, 2.05) is 0 Å². The van der Waals surface area contributed by atoms with Gasteiger partial charge in [0.05, 0.1) is 12.4 Å². The summed E-state index contributed by atoms with van der Waals surface area (Å²) in [6.45, 7) is 2.20. The van der Waals surface area contributed by atoms with Crippen LogP contribution in [-0.2, 0) is 19.4 Å². The molecule has 0 radical (unpaired) electrons. The van der Waals surface area contributed by atoms with Gasteiger partial charge in [-0.1, -0.05) is 6.92 Å². The Hall–Kier alpha value is -0.460. The Balaban J connectivity index is 3.64. The molecule has 5 nitrogen and oxygen atoms in total. The Bertz CT molecular complexity index is 261. The second kappa shape index (κ2) is 6.92. The van der Waals surface area contributed by atoms with Crippen molar-refractivity contribution >= 4 is 15.6 Å². The number of nitrogens with two attached hydrogens (primary N) is 1. The molecular formula is C8H17NO4S. The minimum Gasteiger partial charge on any atom is -0.372 e. The topological polar surface area (TPSA) is 86.5 Å². The average Bonchev–Trinajstić information content (AvgIpc) is 2.16. The number of carbonyl (C=O) groups is 1. The summed E-state index contributed by atoms with van der Waals surface area (Å²) in [5, 5.41) is 0. The molecule has 2 N–H and O–H groups in total. The van der Waals surface area contributed by atoms with Crippen LogP contribution in [0.2, 0.25) is 0 Å². The van der Waals surface area contributed by atoms with Gasteiger partial charge in [-0.2, -0.15) is 0 Å². The van der Waals surface area contributed by atoms with E-state index in [0.29, 0.717) is 13.2 Å². The number of hydrogen-bond acceptors (Lipinski definition) is 5. The van der Waals surface area contributed by atoms with Gasteiger partial charge in [-0.15, -0.1) is 0 Å². The molecule has 0 saturated heterocycles. The lowest BCUT2D eigenvalue weighted by Gasteiger charge is -2.02. The zero-order valence-corrected chi connectivity index (χ0v) is 9.18. The minimum atomic E-state index is -3.05. The number of Topliss-reactive ketones (excluding diaryl/α,β-unsaturated/α-hetero) is 1. The maximum atomic E-state index is 11.1. The monoisotopic (exact) mass is 223 g/mol. The highest BCUT2D eigenvalue weighted by Crippen LogP contribution is 1.95. The zero-order chi connectivity index (χ0) is 11.0. The molecule has 0 fully saturated rings. The normalized spacial score (nSPS) is 11.6. The molecule has 0 aliphatic heterocycles. The first-order valence-corrected chi connectivity index (χ1v) is 6.34. The van der Waals surface area contributed by atoms with Crippen molar-refractivity contribution in [3.05, 3.63) is 0 Å². The van der Waals surface area contributed by atoms with Crippen molar-refractivity contribution in [2.24, 2.45) is 5.73 Å². The third kappa shape index (κ3) is 6.99. The van der Waals surface area contributed by atoms with Crippen LogP contribution in [0.5, 0.6) is 0 Å². The van der Waals surface area contributed by atoms with E-state index in [1.54, 1.807) is 6.92 Å². The smallest absolute Gasteiger partial charge is 0.159 e. The molecule has 6 heteroatoms. The van der Waals surface area contributed by atoms with Gasteiger partial charge in [-0.05, 0) is 0 Å². The van der Waals surface area contributed by atoms with Crippen molar-refractivity contribution in [2.75, 3.05) is 31.3 Å². The summed E-state index contributed by atoms with van der Waals surface area (Å²) in [6, 6.07) is 0. The van der Waals surface area contributed by atoms with Crippen molar-refractivity contribution in [1.29, 1.82) is 0 Å². The highest BCUT2D eigenvalue weighted by atomic mass is 32.2. The van der Waals surface area contributed by atoms with Crippen LogP contribution < -0.4 is 5.73 Å². The molecule has 0 aliphatic carbocycles. The first-order valence-electron chi connectivity index (χ1n) is 4.51. The highest BCUT2D eigenvalue weighted by Gasteiger charge is 2.10. The summed E-state index contributed by atoms with van der Waals surface area (Å²) in [6.07, 6.45) is 0.0285. The van der Waals surface area contributed by atoms with Gasteiger partial charge in [0.15, 0.2) is 5.78 Å². The van der Waals surface area contributed by atoms with Gasteiger partial charge >= 0.3 is 0 Å². The number of ether oxygens (including phenoxy) is 1. The molecule has 0 aromatic heterocycles. The van der Waals surface area contributed by atoms with Gasteiger partial charge in [0, 0.05) is 18.7 Å². The second-order valence-electron chi connectivity index (χ2n) is 2.87. The first-order chi connectivity index (χ1) is 6.52. The lowest BCUT2D eigenvalue weighted by atomic mass is 10.3. The Labute approximate surface area is 84.5 Å². The number of rotatable bonds is 8. The molecule has 0 aliphatic rings. The first kappa shape index (κ1) is 13.5. The summed E-state index contributed by atoms with van der Waals surface area (Å²) in [7, 11) is -3.05.